The molecule has 4 heteroatoms. The fourth-order valence-electron chi connectivity index (χ4n) is 1.57. The molecule has 0 atom stereocenters. The van der Waals surface area contributed by atoms with Crippen molar-refractivity contribution in [3.63, 3.8) is 0 Å². The van der Waals surface area contributed by atoms with E-state index in [9.17, 15) is 4.79 Å². The summed E-state index contributed by atoms with van der Waals surface area (Å²) in [5.74, 6) is 0.554. The van der Waals surface area contributed by atoms with E-state index >= 15 is 0 Å². The van der Waals surface area contributed by atoms with Gasteiger partial charge in [0.2, 0.25) is 5.91 Å². The fraction of sp³-hybridized carbons (Fsp3) is 0.800. The number of methoxy groups -OCH3 is 1. The zero-order valence-electron chi connectivity index (χ0n) is 8.91. The highest BCUT2D eigenvalue weighted by atomic mass is 16.5. The highest BCUT2D eigenvalue weighted by Gasteiger charge is 2.19. The van der Waals surface area contributed by atoms with Gasteiger partial charge in [-0.05, 0) is 12.8 Å². The van der Waals surface area contributed by atoms with Gasteiger partial charge in [-0.15, -0.1) is 0 Å². The highest BCUT2D eigenvalue weighted by molar-refractivity contribution is 5.78. The molecule has 0 spiro atoms. The first-order valence-electron chi connectivity index (χ1n) is 4.94. The van der Waals surface area contributed by atoms with Gasteiger partial charge in [0.1, 0.15) is 0 Å². The Morgan fingerprint density at radius 2 is 1.86 bits per heavy atom. The molecule has 0 heterocycles. The van der Waals surface area contributed by atoms with Crippen LogP contribution in [0.1, 0.15) is 32.1 Å². The predicted molar refractivity (Wildman–Crippen MR) is 53.7 cm³/mol. The van der Waals surface area contributed by atoms with E-state index in [4.69, 9.17) is 4.79 Å². The minimum absolute atomic E-state index is 0.236. The van der Waals surface area contributed by atoms with E-state index in [1.165, 1.54) is 26.4 Å². The lowest BCUT2D eigenvalue weighted by molar-refractivity contribution is -0.126. The summed E-state index contributed by atoms with van der Waals surface area (Å²) in [6.07, 6.45) is 5.98. The minimum atomic E-state index is 0.236. The second-order valence-electron chi connectivity index (χ2n) is 3.28. The Bertz CT molecular complexity index is 165. The summed E-state index contributed by atoms with van der Waals surface area (Å²) < 4.78 is 3.86. The molecule has 82 valence electrons. The molecule has 0 saturated heterocycles. The number of hydrogen-bond donors (Lipinski definition) is 1. The lowest BCUT2D eigenvalue weighted by Crippen LogP contribution is -2.28. The highest BCUT2D eigenvalue weighted by Crippen LogP contribution is 2.23. The lowest BCUT2D eigenvalue weighted by atomic mass is 9.89. The van der Waals surface area contributed by atoms with Crippen molar-refractivity contribution in [1.29, 1.82) is 0 Å². The Morgan fingerprint density at radius 3 is 2.21 bits per heavy atom. The molecule has 0 bridgehead atoms. The van der Waals surface area contributed by atoms with Crippen LogP contribution in [0, 0.1) is 5.92 Å². The zero-order valence-corrected chi connectivity index (χ0v) is 8.91. The van der Waals surface area contributed by atoms with Crippen LogP contribution in [0.4, 0.5) is 0 Å². The Morgan fingerprint density at radius 1 is 1.36 bits per heavy atom. The number of carbonyl (C=O) groups is 2. The van der Waals surface area contributed by atoms with Gasteiger partial charge in [-0.2, -0.15) is 0 Å². The molecule has 1 aliphatic carbocycles. The minimum Gasteiger partial charge on any atom is -0.471 e. The van der Waals surface area contributed by atoms with Crippen molar-refractivity contribution < 1.29 is 14.3 Å². The predicted octanol–water partition coefficient (Wildman–Crippen LogP) is 1.10. The average molecular weight is 201 g/mol. The van der Waals surface area contributed by atoms with Crippen molar-refractivity contribution in [3.8, 4) is 0 Å². The van der Waals surface area contributed by atoms with E-state index in [1.807, 2.05) is 0 Å². The van der Waals surface area contributed by atoms with Crippen molar-refractivity contribution in [2.24, 2.45) is 5.92 Å². The molecule has 1 amide bonds. The molecule has 1 aliphatic rings. The average Bonchev–Trinajstić information content (AvgIpc) is 2.29. The smallest absolute Gasteiger partial charge is 0.292 e. The zero-order chi connectivity index (χ0) is 10.8. The van der Waals surface area contributed by atoms with E-state index in [-0.39, 0.29) is 5.91 Å². The van der Waals surface area contributed by atoms with E-state index in [0.29, 0.717) is 12.4 Å². The summed E-state index contributed by atoms with van der Waals surface area (Å²) in [6, 6.07) is 0. The van der Waals surface area contributed by atoms with Gasteiger partial charge < -0.3 is 10.1 Å². The monoisotopic (exact) mass is 201 g/mol. The van der Waals surface area contributed by atoms with Crippen molar-refractivity contribution in [2.45, 2.75) is 32.1 Å². The van der Waals surface area contributed by atoms with Gasteiger partial charge in [0.15, 0.2) is 0 Å². The maximum absolute atomic E-state index is 11.1. The third kappa shape index (κ3) is 5.56. The molecular formula is C10H19NO3. The van der Waals surface area contributed by atoms with Crippen LogP contribution >= 0.6 is 0 Å². The number of amides is 1. The number of rotatable bonds is 2. The lowest BCUT2D eigenvalue weighted by Gasteiger charge is -2.19. The number of hydrogen-bond acceptors (Lipinski definition) is 3. The molecule has 4 nitrogen and oxygen atoms in total. The molecular weight excluding hydrogens is 182 g/mol. The second kappa shape index (κ2) is 8.53. The molecule has 0 aromatic carbocycles. The van der Waals surface area contributed by atoms with Gasteiger partial charge in [-0.1, -0.05) is 19.3 Å². The summed E-state index contributed by atoms with van der Waals surface area (Å²) in [7, 11) is 3.03. The van der Waals surface area contributed by atoms with Crippen LogP contribution in [-0.4, -0.2) is 26.5 Å². The molecule has 1 N–H and O–H groups in total. The maximum Gasteiger partial charge on any atom is 0.292 e. The van der Waals surface area contributed by atoms with Gasteiger partial charge in [0, 0.05) is 13.0 Å². The molecule has 1 fully saturated rings. The number of carbonyl (C=O) groups excluding carboxylic acids is 2. The molecule has 0 aromatic heterocycles. The van der Waals surface area contributed by atoms with Crippen LogP contribution in [0.15, 0.2) is 0 Å². The first-order chi connectivity index (χ1) is 6.76. The third-order valence-electron chi connectivity index (χ3n) is 2.32. The van der Waals surface area contributed by atoms with Gasteiger partial charge in [0.25, 0.3) is 6.47 Å². The van der Waals surface area contributed by atoms with Crippen molar-refractivity contribution in [2.75, 3.05) is 14.2 Å². The molecule has 0 aromatic rings. The Hall–Kier alpha value is -1.06. The molecule has 1 saturated carbocycles. The summed E-state index contributed by atoms with van der Waals surface area (Å²) in [5.41, 5.74) is 0. The topological polar surface area (TPSA) is 55.4 Å². The second-order valence-corrected chi connectivity index (χ2v) is 3.28. The van der Waals surface area contributed by atoms with Crippen LogP contribution in [-0.2, 0) is 14.3 Å². The van der Waals surface area contributed by atoms with E-state index in [1.54, 1.807) is 7.05 Å². The van der Waals surface area contributed by atoms with Crippen molar-refractivity contribution in [1.82, 2.24) is 5.32 Å². The van der Waals surface area contributed by atoms with E-state index in [2.05, 4.69) is 10.1 Å². The first-order valence-corrected chi connectivity index (χ1v) is 4.94. The van der Waals surface area contributed by atoms with Gasteiger partial charge in [-0.3, -0.25) is 9.59 Å². The standard InChI is InChI=1S/C8H15NO.C2H4O2/c1-9-8(10)7-5-3-2-4-6-7;1-4-2-3/h7H,2-6H2,1H3,(H,9,10);2H,1H3. The fourth-order valence-corrected chi connectivity index (χ4v) is 1.57. The third-order valence-corrected chi connectivity index (χ3v) is 2.32. The van der Waals surface area contributed by atoms with E-state index in [0.717, 1.165) is 12.8 Å². The Labute approximate surface area is 85.0 Å². The van der Waals surface area contributed by atoms with Gasteiger partial charge in [0.05, 0.1) is 7.11 Å². The largest absolute Gasteiger partial charge is 0.471 e. The number of ether oxygens (including phenoxy) is 1. The molecule has 0 unspecified atom stereocenters. The van der Waals surface area contributed by atoms with Crippen molar-refractivity contribution in [3.05, 3.63) is 0 Å². The first kappa shape index (κ1) is 12.9. The molecule has 0 aliphatic heterocycles. The molecule has 14 heavy (non-hydrogen) atoms. The SMILES string of the molecule is CNC(=O)C1CCCCC1.COC=O. The summed E-state index contributed by atoms with van der Waals surface area (Å²) >= 11 is 0. The van der Waals surface area contributed by atoms with Crippen LogP contribution in [0.3, 0.4) is 0 Å². The summed E-state index contributed by atoms with van der Waals surface area (Å²) in [4.78, 5) is 20.0. The molecule has 0 radical (unpaired) electrons. The summed E-state index contributed by atoms with van der Waals surface area (Å²) in [5, 5.41) is 2.70. The van der Waals surface area contributed by atoms with E-state index < -0.39 is 0 Å². The normalized spacial score (nSPS) is 16.1. The summed E-state index contributed by atoms with van der Waals surface area (Å²) in [6.45, 7) is 0.375. The van der Waals surface area contributed by atoms with Gasteiger partial charge in [-0.25, -0.2) is 0 Å². The number of nitrogens with one attached hydrogen (secondary N) is 1. The Balaban J connectivity index is 0.000000364. The van der Waals surface area contributed by atoms with Crippen LogP contribution < -0.4 is 5.32 Å². The van der Waals surface area contributed by atoms with Crippen LogP contribution in [0.25, 0.3) is 0 Å². The Kier molecular flexibility index (Phi) is 7.89. The van der Waals surface area contributed by atoms with Crippen LogP contribution in [0.2, 0.25) is 0 Å². The quantitative estimate of drug-likeness (QED) is 0.681. The van der Waals surface area contributed by atoms with Crippen molar-refractivity contribution >= 4 is 12.4 Å². The van der Waals surface area contributed by atoms with Crippen LogP contribution in [0.5, 0.6) is 0 Å². The molecule has 1 rings (SSSR count). The maximum atomic E-state index is 11.1. The van der Waals surface area contributed by atoms with Gasteiger partial charge >= 0.3 is 0 Å².